The Bertz CT molecular complexity index is 1370. The van der Waals surface area contributed by atoms with E-state index in [0.29, 0.717) is 23.5 Å². The molecule has 5 N–H and O–H groups in total. The van der Waals surface area contributed by atoms with Gasteiger partial charge in [-0.3, -0.25) is 9.59 Å². The van der Waals surface area contributed by atoms with Crippen LogP contribution in [0.4, 0.5) is 17.1 Å². The summed E-state index contributed by atoms with van der Waals surface area (Å²) in [5.41, 5.74) is 10.5. The van der Waals surface area contributed by atoms with Crippen molar-refractivity contribution in [1.82, 2.24) is 4.90 Å². The number of nitrogens with zero attached hydrogens (tertiary/aromatic N) is 1. The molecule has 3 aromatic rings. The largest absolute Gasteiger partial charge is 0.397 e. The number of nitrogen functional groups attached to an aromatic ring is 1. The zero-order chi connectivity index (χ0) is 31.4. The molecule has 0 aromatic heterocycles. The fourth-order valence-electron chi connectivity index (χ4n) is 6.00. The Morgan fingerprint density at radius 2 is 1.44 bits per heavy atom. The second kappa shape index (κ2) is 16.5. The molecule has 45 heavy (non-hydrogen) atoms. The maximum atomic E-state index is 12.6. The van der Waals surface area contributed by atoms with Gasteiger partial charge in [0.15, 0.2) is 6.29 Å². The number of hydrogen-bond donors (Lipinski definition) is 4. The van der Waals surface area contributed by atoms with Crippen LogP contribution in [-0.2, 0) is 25.7 Å². The molecule has 2 aliphatic heterocycles. The number of nitrogens with two attached hydrogens (primary N) is 1. The van der Waals surface area contributed by atoms with Crippen LogP contribution in [0, 0.1) is 0 Å². The van der Waals surface area contributed by atoms with Crippen molar-refractivity contribution in [2.24, 2.45) is 0 Å². The number of para-hydroxylation sites is 2. The smallest absolute Gasteiger partial charge is 0.224 e. The van der Waals surface area contributed by atoms with Gasteiger partial charge in [0, 0.05) is 37.1 Å². The standard InChI is InChI=1S/C36H46N4O5/c37-31-9-4-5-10-32(31)39-35(43)12-8-11-34(42)38-29-19-17-28(18-20-29)36-44-30(24-40-21-6-2-1-3-7-22-40)23-33(45-36)27-15-13-26(25-41)14-16-27/h4-5,9-10,13-20,30,33,36,41H,1-3,6-8,11-12,21-25,37H2,(H,38,42)(H,39,43)/t30-,33+,36+/m0/s1. The molecule has 0 spiro atoms. The third kappa shape index (κ3) is 9.86. The van der Waals surface area contributed by atoms with Gasteiger partial charge in [-0.15, -0.1) is 0 Å². The maximum absolute atomic E-state index is 12.6. The molecule has 240 valence electrons. The van der Waals surface area contributed by atoms with Crippen molar-refractivity contribution in [3.05, 3.63) is 89.5 Å². The molecule has 0 radical (unpaired) electrons. The van der Waals surface area contributed by atoms with Crippen LogP contribution in [0.25, 0.3) is 0 Å². The molecule has 2 heterocycles. The molecular weight excluding hydrogens is 568 g/mol. The molecule has 0 aliphatic carbocycles. The predicted molar refractivity (Wildman–Crippen MR) is 176 cm³/mol. The number of rotatable bonds is 11. The summed E-state index contributed by atoms with van der Waals surface area (Å²) in [5, 5.41) is 15.2. The lowest BCUT2D eigenvalue weighted by Crippen LogP contribution is -2.40. The van der Waals surface area contributed by atoms with Crippen LogP contribution >= 0.6 is 0 Å². The van der Waals surface area contributed by atoms with Crippen molar-refractivity contribution in [2.45, 2.75) is 82.9 Å². The Kier molecular flexibility index (Phi) is 12.0. The van der Waals surface area contributed by atoms with Gasteiger partial charge in [-0.1, -0.05) is 67.8 Å². The van der Waals surface area contributed by atoms with Gasteiger partial charge in [0.05, 0.1) is 30.2 Å². The fraction of sp³-hybridized carbons (Fsp3) is 0.444. The number of carbonyl (C=O) groups is 2. The Morgan fingerprint density at radius 1 is 0.800 bits per heavy atom. The van der Waals surface area contributed by atoms with E-state index in [1.807, 2.05) is 60.7 Å². The molecule has 3 aromatic carbocycles. The summed E-state index contributed by atoms with van der Waals surface area (Å²) >= 11 is 0. The molecule has 3 atom stereocenters. The average Bonchev–Trinajstić information content (AvgIpc) is 3.03. The van der Waals surface area contributed by atoms with E-state index in [2.05, 4.69) is 15.5 Å². The van der Waals surface area contributed by atoms with Crippen LogP contribution in [0.1, 0.15) is 86.9 Å². The highest BCUT2D eigenvalue weighted by atomic mass is 16.7. The minimum Gasteiger partial charge on any atom is -0.397 e. The molecule has 5 rings (SSSR count). The van der Waals surface area contributed by atoms with E-state index in [-0.39, 0.29) is 43.5 Å². The molecule has 0 unspecified atom stereocenters. The third-order valence-electron chi connectivity index (χ3n) is 8.53. The number of benzene rings is 3. The van der Waals surface area contributed by atoms with Gasteiger partial charge in [-0.25, -0.2) is 0 Å². The van der Waals surface area contributed by atoms with Crippen LogP contribution in [-0.4, -0.2) is 47.6 Å². The van der Waals surface area contributed by atoms with Crippen LogP contribution < -0.4 is 16.4 Å². The summed E-state index contributed by atoms with van der Waals surface area (Å²) in [6, 6.07) is 22.6. The lowest BCUT2D eigenvalue weighted by molar-refractivity contribution is -0.253. The molecule has 2 fully saturated rings. The van der Waals surface area contributed by atoms with E-state index < -0.39 is 6.29 Å². The van der Waals surface area contributed by atoms with E-state index in [1.165, 1.54) is 32.1 Å². The van der Waals surface area contributed by atoms with E-state index in [9.17, 15) is 14.7 Å². The number of likely N-dealkylation sites (tertiary alicyclic amines) is 1. The molecule has 2 saturated heterocycles. The Morgan fingerprint density at radius 3 is 2.13 bits per heavy atom. The number of hydrogen-bond acceptors (Lipinski definition) is 7. The van der Waals surface area contributed by atoms with Crippen LogP contribution in [0.2, 0.25) is 0 Å². The van der Waals surface area contributed by atoms with Gasteiger partial charge in [0.2, 0.25) is 11.8 Å². The van der Waals surface area contributed by atoms with Gasteiger partial charge < -0.3 is 35.8 Å². The summed E-state index contributed by atoms with van der Waals surface area (Å²) in [7, 11) is 0. The molecule has 2 aliphatic rings. The van der Waals surface area contributed by atoms with Crippen LogP contribution in [0.5, 0.6) is 0 Å². The molecular formula is C36H46N4O5. The number of aliphatic hydroxyl groups excluding tert-OH is 1. The van der Waals surface area contributed by atoms with Gasteiger partial charge in [-0.2, -0.15) is 0 Å². The molecule has 2 amide bonds. The first kappa shape index (κ1) is 32.6. The first-order valence-corrected chi connectivity index (χ1v) is 16.2. The molecule has 9 heteroatoms. The number of ether oxygens (including phenoxy) is 2. The molecule has 9 nitrogen and oxygen atoms in total. The first-order chi connectivity index (χ1) is 22.0. The van der Waals surface area contributed by atoms with Crippen molar-refractivity contribution in [3.8, 4) is 0 Å². The number of aliphatic hydroxyl groups is 1. The highest BCUT2D eigenvalue weighted by Gasteiger charge is 2.33. The summed E-state index contributed by atoms with van der Waals surface area (Å²) in [4.78, 5) is 27.4. The quantitative estimate of drug-likeness (QED) is 0.186. The van der Waals surface area contributed by atoms with E-state index in [4.69, 9.17) is 15.2 Å². The van der Waals surface area contributed by atoms with Crippen molar-refractivity contribution >= 4 is 28.9 Å². The highest BCUT2D eigenvalue weighted by molar-refractivity contribution is 5.94. The predicted octanol–water partition coefficient (Wildman–Crippen LogP) is 6.32. The maximum Gasteiger partial charge on any atom is 0.224 e. The third-order valence-corrected chi connectivity index (χ3v) is 8.53. The molecule has 0 saturated carbocycles. The summed E-state index contributed by atoms with van der Waals surface area (Å²) in [6.07, 6.45) is 7.32. The summed E-state index contributed by atoms with van der Waals surface area (Å²) < 4.78 is 13.1. The minimum atomic E-state index is -0.539. The number of carbonyl (C=O) groups excluding carboxylic acids is 2. The second-order valence-electron chi connectivity index (χ2n) is 12.1. The highest BCUT2D eigenvalue weighted by Crippen LogP contribution is 2.38. The van der Waals surface area contributed by atoms with Gasteiger partial charge in [-0.05, 0) is 67.7 Å². The van der Waals surface area contributed by atoms with Crippen molar-refractivity contribution < 1.29 is 24.2 Å². The van der Waals surface area contributed by atoms with Crippen molar-refractivity contribution in [2.75, 3.05) is 36.0 Å². The van der Waals surface area contributed by atoms with Crippen LogP contribution in [0.3, 0.4) is 0 Å². The summed E-state index contributed by atoms with van der Waals surface area (Å²) in [6.45, 7) is 3.08. The minimum absolute atomic E-state index is 0.0111. The number of amides is 2. The lowest BCUT2D eigenvalue weighted by atomic mass is 9.99. The summed E-state index contributed by atoms with van der Waals surface area (Å²) in [5.74, 6) is -0.329. The SMILES string of the molecule is Nc1ccccc1NC(=O)CCCC(=O)Nc1ccc([C@@H]2O[C@H](CN3CCCCCCC3)C[C@H](c3ccc(CO)cc3)O2)cc1. The Balaban J connectivity index is 1.17. The number of nitrogens with one attached hydrogen (secondary N) is 2. The first-order valence-electron chi connectivity index (χ1n) is 16.2. The monoisotopic (exact) mass is 614 g/mol. The Hall–Kier alpha value is -3.76. The number of anilines is 3. The molecule has 0 bridgehead atoms. The van der Waals surface area contributed by atoms with Crippen LogP contribution in [0.15, 0.2) is 72.8 Å². The Labute approximate surface area is 266 Å². The van der Waals surface area contributed by atoms with Crippen molar-refractivity contribution in [1.29, 1.82) is 0 Å². The van der Waals surface area contributed by atoms with Gasteiger partial charge >= 0.3 is 0 Å². The van der Waals surface area contributed by atoms with E-state index in [1.54, 1.807) is 12.1 Å². The zero-order valence-electron chi connectivity index (χ0n) is 26.0. The zero-order valence-corrected chi connectivity index (χ0v) is 26.0. The normalized spacial score (nSPS) is 21.0. The van der Waals surface area contributed by atoms with Gasteiger partial charge in [0.25, 0.3) is 0 Å². The van der Waals surface area contributed by atoms with E-state index in [0.717, 1.165) is 42.7 Å². The lowest BCUT2D eigenvalue weighted by Gasteiger charge is -2.38. The fourth-order valence-corrected chi connectivity index (χ4v) is 6.00. The second-order valence-corrected chi connectivity index (χ2v) is 12.1. The average molecular weight is 615 g/mol. The van der Waals surface area contributed by atoms with Gasteiger partial charge in [0.1, 0.15) is 0 Å². The van der Waals surface area contributed by atoms with Crippen molar-refractivity contribution in [3.63, 3.8) is 0 Å². The topological polar surface area (TPSA) is 126 Å². The van der Waals surface area contributed by atoms with E-state index >= 15 is 0 Å².